The highest BCUT2D eigenvalue weighted by Crippen LogP contribution is 2.39. The Morgan fingerprint density at radius 1 is 0.975 bits per heavy atom. The van der Waals surface area contributed by atoms with Crippen LogP contribution in [0.2, 0.25) is 0 Å². The number of anilines is 2. The van der Waals surface area contributed by atoms with E-state index in [9.17, 15) is 14.4 Å². The third kappa shape index (κ3) is 5.12. The van der Waals surface area contributed by atoms with Crippen molar-refractivity contribution in [2.24, 2.45) is 5.92 Å². The molecule has 0 spiro atoms. The maximum absolute atomic E-state index is 13.2. The molecule has 2 atom stereocenters. The van der Waals surface area contributed by atoms with Gasteiger partial charge in [-0.1, -0.05) is 30.3 Å². The van der Waals surface area contributed by atoms with Gasteiger partial charge in [0.1, 0.15) is 5.75 Å². The lowest BCUT2D eigenvalue weighted by Crippen LogP contribution is -2.47. The fourth-order valence-electron chi connectivity index (χ4n) is 5.86. The monoisotopic (exact) mass is 554 g/mol. The maximum atomic E-state index is 13.2. The predicted octanol–water partition coefficient (Wildman–Crippen LogP) is 4.72. The van der Waals surface area contributed by atoms with Gasteiger partial charge < -0.3 is 24.8 Å². The second kappa shape index (κ2) is 11.0. The topological polar surface area (TPSA) is 92.7 Å². The van der Waals surface area contributed by atoms with Crippen LogP contribution in [0, 0.1) is 5.92 Å². The molecule has 1 saturated heterocycles. The van der Waals surface area contributed by atoms with Crippen molar-refractivity contribution in [3.8, 4) is 5.75 Å². The number of nitrogens with zero attached hydrogens (tertiary/aromatic N) is 2. The Hall–Kier alpha value is -4.37. The minimum absolute atomic E-state index is 0.0491. The van der Waals surface area contributed by atoms with Gasteiger partial charge in [0.15, 0.2) is 0 Å². The number of aromatic nitrogens is 1. The van der Waals surface area contributed by atoms with Gasteiger partial charge in [-0.3, -0.25) is 14.4 Å². The zero-order chi connectivity index (χ0) is 27.6. The van der Waals surface area contributed by atoms with Gasteiger partial charge in [-0.05, 0) is 54.1 Å². The number of thiophene rings is 1. The first-order valence-corrected chi connectivity index (χ1v) is 14.2. The largest absolute Gasteiger partial charge is 0.496 e. The van der Waals surface area contributed by atoms with Crippen LogP contribution in [0.5, 0.6) is 5.75 Å². The molecule has 4 heterocycles. The van der Waals surface area contributed by atoms with Crippen molar-refractivity contribution < 1.29 is 14.3 Å². The lowest BCUT2D eigenvalue weighted by molar-refractivity contribution is 0.0949. The van der Waals surface area contributed by atoms with E-state index in [1.54, 1.807) is 31.4 Å². The molecule has 2 aromatic heterocycles. The summed E-state index contributed by atoms with van der Waals surface area (Å²) < 4.78 is 7.31. The van der Waals surface area contributed by atoms with Gasteiger partial charge in [-0.25, -0.2) is 0 Å². The van der Waals surface area contributed by atoms with E-state index in [1.165, 1.54) is 11.3 Å². The van der Waals surface area contributed by atoms with Gasteiger partial charge >= 0.3 is 0 Å². The fraction of sp³-hybridized carbons (Fsp3) is 0.258. The molecule has 1 fully saturated rings. The Bertz CT molecular complexity index is 1610. The first-order chi connectivity index (χ1) is 19.5. The molecule has 204 valence electrons. The number of benzene rings is 2. The summed E-state index contributed by atoms with van der Waals surface area (Å²) in [5.74, 6) is 0.786. The molecule has 0 saturated carbocycles. The number of hydrogen-bond donors (Lipinski definition) is 2. The average Bonchev–Trinajstić information content (AvgIpc) is 3.52. The average molecular weight is 555 g/mol. The molecule has 2 unspecified atom stereocenters. The zero-order valence-corrected chi connectivity index (χ0v) is 22.9. The normalized spacial score (nSPS) is 17.6. The van der Waals surface area contributed by atoms with E-state index in [0.717, 1.165) is 36.5 Å². The summed E-state index contributed by atoms with van der Waals surface area (Å²) in [5.41, 5.74) is 3.90. The van der Waals surface area contributed by atoms with Gasteiger partial charge in [-0.15, -0.1) is 11.3 Å². The first-order valence-electron chi connectivity index (χ1n) is 13.3. The molecular weight excluding hydrogens is 524 g/mol. The van der Waals surface area contributed by atoms with Gasteiger partial charge in [-0.2, -0.15) is 0 Å². The summed E-state index contributed by atoms with van der Waals surface area (Å²) in [4.78, 5) is 41.6. The number of carbonyl (C=O) groups is 2. The van der Waals surface area contributed by atoms with E-state index in [0.29, 0.717) is 40.9 Å². The molecule has 2 aromatic carbocycles. The van der Waals surface area contributed by atoms with Crippen molar-refractivity contribution in [2.75, 3.05) is 30.4 Å². The molecule has 2 aliphatic rings. The van der Waals surface area contributed by atoms with E-state index in [4.69, 9.17) is 4.74 Å². The Morgan fingerprint density at radius 2 is 1.85 bits per heavy atom. The Balaban J connectivity index is 1.28. The van der Waals surface area contributed by atoms with Crippen molar-refractivity contribution >= 4 is 34.5 Å². The molecule has 4 aromatic rings. The Labute approximate surface area is 236 Å². The van der Waals surface area contributed by atoms with Crippen molar-refractivity contribution in [3.63, 3.8) is 0 Å². The highest BCUT2D eigenvalue weighted by molar-refractivity contribution is 7.12. The molecule has 9 heteroatoms. The summed E-state index contributed by atoms with van der Waals surface area (Å²) in [6.45, 7) is 2.48. The molecule has 2 N–H and O–H groups in total. The number of piperidine rings is 1. The highest BCUT2D eigenvalue weighted by Gasteiger charge is 2.35. The first kappa shape index (κ1) is 25.9. The number of rotatable bonds is 7. The minimum Gasteiger partial charge on any atom is -0.496 e. The van der Waals surface area contributed by atoms with Gasteiger partial charge in [0, 0.05) is 55.0 Å². The molecule has 0 radical (unpaired) electrons. The van der Waals surface area contributed by atoms with Crippen molar-refractivity contribution in [3.05, 3.63) is 110 Å². The standard InChI is InChI=1S/C31H30N4O4S/c1-39-27-8-3-2-6-22(27)16-32-30(37)21-11-12-26(24(15-21)33-31(38)28-9-5-13-40-28)34-17-20-14-23(19-34)25-7-4-10-29(36)35(25)18-20/h2-13,15,20,23H,14,16-19H2,1H3,(H,32,37)(H,33,38). The van der Waals surface area contributed by atoms with Crippen LogP contribution in [0.4, 0.5) is 11.4 Å². The number of pyridine rings is 1. The smallest absolute Gasteiger partial charge is 0.265 e. The minimum atomic E-state index is -0.243. The number of hydrogen-bond acceptors (Lipinski definition) is 6. The van der Waals surface area contributed by atoms with E-state index >= 15 is 0 Å². The number of fused-ring (bicyclic) bond motifs is 4. The van der Waals surface area contributed by atoms with Crippen LogP contribution in [0.15, 0.2) is 83.0 Å². The van der Waals surface area contributed by atoms with Crippen molar-refractivity contribution in [1.29, 1.82) is 0 Å². The van der Waals surface area contributed by atoms with Crippen LogP contribution >= 0.6 is 11.3 Å². The molecule has 2 amide bonds. The van der Waals surface area contributed by atoms with Crippen LogP contribution in [0.25, 0.3) is 0 Å². The Morgan fingerprint density at radius 3 is 2.67 bits per heavy atom. The lowest BCUT2D eigenvalue weighted by Gasteiger charge is -2.44. The summed E-state index contributed by atoms with van der Waals surface area (Å²) in [5, 5.41) is 7.90. The third-order valence-electron chi connectivity index (χ3n) is 7.70. The molecular formula is C31H30N4O4S. The second-order valence-corrected chi connectivity index (χ2v) is 11.2. The lowest BCUT2D eigenvalue weighted by atomic mass is 9.83. The Kier molecular flexibility index (Phi) is 7.13. The van der Waals surface area contributed by atoms with E-state index in [-0.39, 0.29) is 23.3 Å². The van der Waals surface area contributed by atoms with Gasteiger partial charge in [0.2, 0.25) is 0 Å². The number of nitrogens with one attached hydrogen (secondary N) is 2. The molecule has 6 rings (SSSR count). The number of carbonyl (C=O) groups excluding carboxylic acids is 2. The molecule has 0 aliphatic carbocycles. The molecule has 2 bridgehead atoms. The number of para-hydroxylation sites is 1. The van der Waals surface area contributed by atoms with Crippen LogP contribution < -0.4 is 25.8 Å². The predicted molar refractivity (Wildman–Crippen MR) is 157 cm³/mol. The fourth-order valence-corrected chi connectivity index (χ4v) is 6.48. The number of amides is 2. The van der Waals surface area contributed by atoms with Crippen molar-refractivity contribution in [1.82, 2.24) is 9.88 Å². The SMILES string of the molecule is COc1ccccc1CNC(=O)c1ccc(N2CC3CC(C2)c2cccc(=O)n2C3)c(NC(=O)c2cccs2)c1. The maximum Gasteiger partial charge on any atom is 0.265 e. The summed E-state index contributed by atoms with van der Waals surface area (Å²) in [7, 11) is 1.60. The van der Waals surface area contributed by atoms with Crippen LogP contribution in [0.1, 0.15) is 43.6 Å². The van der Waals surface area contributed by atoms with Crippen LogP contribution in [0.3, 0.4) is 0 Å². The van der Waals surface area contributed by atoms with Crippen LogP contribution in [-0.2, 0) is 13.1 Å². The van der Waals surface area contributed by atoms with Gasteiger partial charge in [0.25, 0.3) is 17.4 Å². The van der Waals surface area contributed by atoms with Crippen LogP contribution in [-0.4, -0.2) is 36.6 Å². The number of ether oxygens (including phenoxy) is 1. The van der Waals surface area contributed by atoms with Gasteiger partial charge in [0.05, 0.1) is 23.4 Å². The zero-order valence-electron chi connectivity index (χ0n) is 22.1. The van der Waals surface area contributed by atoms with E-state index < -0.39 is 0 Å². The highest BCUT2D eigenvalue weighted by atomic mass is 32.1. The molecule has 40 heavy (non-hydrogen) atoms. The summed E-state index contributed by atoms with van der Waals surface area (Å²) >= 11 is 1.37. The quantitative estimate of drug-likeness (QED) is 0.345. The summed E-state index contributed by atoms with van der Waals surface area (Å²) in [6, 6.07) is 22.1. The summed E-state index contributed by atoms with van der Waals surface area (Å²) in [6.07, 6.45) is 1.03. The molecule has 2 aliphatic heterocycles. The second-order valence-electron chi connectivity index (χ2n) is 10.3. The third-order valence-corrected chi connectivity index (χ3v) is 8.57. The van der Waals surface area contributed by atoms with E-state index in [2.05, 4.69) is 15.5 Å². The van der Waals surface area contributed by atoms with E-state index in [1.807, 2.05) is 58.5 Å². The van der Waals surface area contributed by atoms with Crippen molar-refractivity contribution in [2.45, 2.75) is 25.4 Å². The number of methoxy groups -OCH3 is 1. The molecule has 8 nitrogen and oxygen atoms in total.